The summed E-state index contributed by atoms with van der Waals surface area (Å²) >= 11 is 0. The maximum absolute atomic E-state index is 11.8. The Morgan fingerprint density at radius 2 is 2.29 bits per heavy atom. The Morgan fingerprint density at radius 1 is 1.52 bits per heavy atom. The van der Waals surface area contributed by atoms with Crippen LogP contribution in [0.2, 0.25) is 0 Å². The maximum Gasteiger partial charge on any atom is 0.330 e. The van der Waals surface area contributed by atoms with E-state index in [4.69, 9.17) is 14.5 Å². The van der Waals surface area contributed by atoms with E-state index < -0.39 is 29.7 Å². The Morgan fingerprint density at radius 3 is 2.95 bits per heavy atom. The van der Waals surface area contributed by atoms with Gasteiger partial charge in [-0.15, -0.1) is 0 Å². The molecule has 8 heteroatoms. The van der Waals surface area contributed by atoms with Gasteiger partial charge in [-0.1, -0.05) is 6.92 Å². The molecule has 1 aromatic heterocycles. The number of hydrogen-bond acceptors (Lipinski definition) is 6. The molecule has 1 aliphatic rings. The van der Waals surface area contributed by atoms with E-state index in [2.05, 4.69) is 4.98 Å². The SMILES string of the molecule is CCCOOC1CC(n2cc(C)c(=O)[nH]c2=O)OC1CO. The van der Waals surface area contributed by atoms with Gasteiger partial charge in [0.1, 0.15) is 18.4 Å². The van der Waals surface area contributed by atoms with E-state index in [0.717, 1.165) is 6.42 Å². The number of nitrogens with zero attached hydrogens (tertiary/aromatic N) is 1. The van der Waals surface area contributed by atoms with Gasteiger partial charge in [-0.05, 0) is 13.3 Å². The highest BCUT2D eigenvalue weighted by molar-refractivity contribution is 5.02. The van der Waals surface area contributed by atoms with Crippen LogP contribution in [0, 0.1) is 6.92 Å². The van der Waals surface area contributed by atoms with Crippen molar-refractivity contribution >= 4 is 0 Å². The third-order valence-electron chi connectivity index (χ3n) is 3.30. The summed E-state index contributed by atoms with van der Waals surface area (Å²) in [7, 11) is 0. The molecule has 2 N–H and O–H groups in total. The number of aromatic nitrogens is 2. The second-order valence-corrected chi connectivity index (χ2v) is 4.98. The molecular weight excluding hydrogens is 280 g/mol. The Labute approximate surface area is 121 Å². The number of aromatic amines is 1. The summed E-state index contributed by atoms with van der Waals surface area (Å²) in [6.45, 7) is 3.75. The molecule has 0 amide bonds. The van der Waals surface area contributed by atoms with Gasteiger partial charge < -0.3 is 9.84 Å². The second kappa shape index (κ2) is 6.99. The fraction of sp³-hybridized carbons (Fsp3) is 0.692. The van der Waals surface area contributed by atoms with Gasteiger partial charge in [-0.2, -0.15) is 0 Å². The molecule has 0 aliphatic carbocycles. The molecule has 3 atom stereocenters. The van der Waals surface area contributed by atoms with Crippen molar-refractivity contribution < 1.29 is 19.6 Å². The first-order valence-corrected chi connectivity index (χ1v) is 6.93. The quantitative estimate of drug-likeness (QED) is 0.430. The molecule has 2 rings (SSSR count). The number of aryl methyl sites for hydroxylation is 1. The molecule has 118 valence electrons. The fourth-order valence-corrected chi connectivity index (χ4v) is 2.16. The number of rotatable bonds is 6. The summed E-state index contributed by atoms with van der Waals surface area (Å²) in [4.78, 5) is 35.7. The number of H-pyrrole nitrogens is 1. The van der Waals surface area contributed by atoms with Gasteiger partial charge in [-0.25, -0.2) is 14.6 Å². The first-order valence-electron chi connectivity index (χ1n) is 6.93. The average Bonchev–Trinajstić information content (AvgIpc) is 2.86. The van der Waals surface area contributed by atoms with Gasteiger partial charge in [0.15, 0.2) is 0 Å². The molecule has 1 aromatic rings. The summed E-state index contributed by atoms with van der Waals surface area (Å²) in [5, 5.41) is 9.32. The van der Waals surface area contributed by atoms with E-state index in [1.807, 2.05) is 6.92 Å². The highest BCUT2D eigenvalue weighted by atomic mass is 17.2. The Balaban J connectivity index is 2.13. The number of ether oxygens (including phenoxy) is 1. The second-order valence-electron chi connectivity index (χ2n) is 4.98. The zero-order valence-electron chi connectivity index (χ0n) is 12.1. The van der Waals surface area contributed by atoms with Gasteiger partial charge in [0, 0.05) is 18.2 Å². The van der Waals surface area contributed by atoms with Crippen LogP contribution in [-0.4, -0.2) is 40.1 Å². The van der Waals surface area contributed by atoms with Crippen molar-refractivity contribution in [3.05, 3.63) is 32.6 Å². The number of aliphatic hydroxyl groups excluding tert-OH is 1. The first kappa shape index (κ1) is 15.9. The molecule has 0 spiro atoms. The normalized spacial score (nSPS) is 25.4. The number of hydrogen-bond donors (Lipinski definition) is 2. The van der Waals surface area contributed by atoms with E-state index in [1.54, 1.807) is 6.92 Å². The van der Waals surface area contributed by atoms with Crippen LogP contribution in [0.4, 0.5) is 0 Å². The molecule has 1 saturated heterocycles. The van der Waals surface area contributed by atoms with E-state index >= 15 is 0 Å². The third-order valence-corrected chi connectivity index (χ3v) is 3.30. The largest absolute Gasteiger partial charge is 0.394 e. The lowest BCUT2D eigenvalue weighted by Crippen LogP contribution is -2.33. The highest BCUT2D eigenvalue weighted by Gasteiger charge is 2.38. The van der Waals surface area contributed by atoms with E-state index in [1.165, 1.54) is 10.8 Å². The zero-order chi connectivity index (χ0) is 15.4. The predicted molar refractivity (Wildman–Crippen MR) is 72.8 cm³/mol. The minimum absolute atomic E-state index is 0.242. The van der Waals surface area contributed by atoms with Crippen molar-refractivity contribution in [1.82, 2.24) is 9.55 Å². The summed E-state index contributed by atoms with van der Waals surface area (Å²) < 4.78 is 6.90. The lowest BCUT2D eigenvalue weighted by molar-refractivity contribution is -0.331. The summed E-state index contributed by atoms with van der Waals surface area (Å²) in [5.41, 5.74) is -0.570. The van der Waals surface area contributed by atoms with Crippen LogP contribution in [0.5, 0.6) is 0 Å². The Hall–Kier alpha value is -1.48. The standard InChI is InChI=1S/C13H20N2O6/c1-3-4-19-21-9-5-11(20-10(9)7-16)15-6-8(2)12(17)14-13(15)18/h6,9-11,16H,3-5,7H2,1-2H3,(H,14,17,18). The van der Waals surface area contributed by atoms with Gasteiger partial charge in [0.2, 0.25) is 0 Å². The first-order chi connectivity index (χ1) is 10.1. The topological polar surface area (TPSA) is 103 Å². The van der Waals surface area contributed by atoms with Crippen LogP contribution in [0.3, 0.4) is 0 Å². The van der Waals surface area contributed by atoms with Crippen LogP contribution in [-0.2, 0) is 14.5 Å². The van der Waals surface area contributed by atoms with Gasteiger partial charge in [0.25, 0.3) is 5.56 Å². The van der Waals surface area contributed by atoms with Crippen molar-refractivity contribution in [2.75, 3.05) is 13.2 Å². The zero-order valence-corrected chi connectivity index (χ0v) is 12.1. The van der Waals surface area contributed by atoms with Crippen molar-refractivity contribution in [3.8, 4) is 0 Å². The summed E-state index contributed by atoms with van der Waals surface area (Å²) in [5.74, 6) is 0. The van der Waals surface area contributed by atoms with Crippen molar-refractivity contribution in [2.24, 2.45) is 0 Å². The van der Waals surface area contributed by atoms with E-state index in [0.29, 0.717) is 18.6 Å². The Kier molecular flexibility index (Phi) is 5.29. The lowest BCUT2D eigenvalue weighted by atomic mass is 10.2. The minimum Gasteiger partial charge on any atom is -0.394 e. The van der Waals surface area contributed by atoms with Gasteiger partial charge in [0.05, 0.1) is 13.2 Å². The van der Waals surface area contributed by atoms with Crippen molar-refractivity contribution in [2.45, 2.75) is 45.1 Å². The molecule has 3 unspecified atom stereocenters. The van der Waals surface area contributed by atoms with Crippen LogP contribution in [0.15, 0.2) is 15.8 Å². The predicted octanol–water partition coefficient (Wildman–Crippen LogP) is -0.148. The summed E-state index contributed by atoms with van der Waals surface area (Å²) in [6, 6.07) is 0. The number of aliphatic hydroxyl groups is 1. The average molecular weight is 300 g/mol. The molecule has 0 radical (unpaired) electrons. The Bertz CT molecular complexity index is 581. The van der Waals surface area contributed by atoms with Crippen LogP contribution >= 0.6 is 0 Å². The van der Waals surface area contributed by atoms with Crippen molar-refractivity contribution in [1.29, 1.82) is 0 Å². The molecule has 0 aromatic carbocycles. The minimum atomic E-state index is -0.611. The number of nitrogens with one attached hydrogen (secondary N) is 1. The van der Waals surface area contributed by atoms with Gasteiger partial charge >= 0.3 is 5.69 Å². The molecule has 1 aliphatic heterocycles. The molecule has 1 fully saturated rings. The van der Waals surface area contributed by atoms with Crippen molar-refractivity contribution in [3.63, 3.8) is 0 Å². The third kappa shape index (κ3) is 3.59. The van der Waals surface area contributed by atoms with Crippen LogP contribution in [0.25, 0.3) is 0 Å². The highest BCUT2D eigenvalue weighted by Crippen LogP contribution is 2.29. The molecule has 0 saturated carbocycles. The monoisotopic (exact) mass is 300 g/mol. The van der Waals surface area contributed by atoms with Crippen LogP contribution in [0.1, 0.15) is 31.6 Å². The smallest absolute Gasteiger partial charge is 0.330 e. The summed E-state index contributed by atoms with van der Waals surface area (Å²) in [6.07, 6.45) is 0.937. The van der Waals surface area contributed by atoms with E-state index in [-0.39, 0.29) is 6.61 Å². The van der Waals surface area contributed by atoms with Crippen LogP contribution < -0.4 is 11.2 Å². The molecule has 2 heterocycles. The van der Waals surface area contributed by atoms with Gasteiger partial charge in [-0.3, -0.25) is 14.3 Å². The lowest BCUT2D eigenvalue weighted by Gasteiger charge is -2.15. The molecular formula is C13H20N2O6. The maximum atomic E-state index is 11.8. The molecule has 21 heavy (non-hydrogen) atoms. The molecule has 0 bridgehead atoms. The molecule has 8 nitrogen and oxygen atoms in total. The van der Waals surface area contributed by atoms with E-state index in [9.17, 15) is 14.7 Å². The fourth-order valence-electron chi connectivity index (χ4n) is 2.16.